The third-order valence-electron chi connectivity index (χ3n) is 5.63. The summed E-state index contributed by atoms with van der Waals surface area (Å²) in [5, 5.41) is 0. The van der Waals surface area contributed by atoms with Crippen LogP contribution in [0.15, 0.2) is 72.8 Å². The van der Waals surface area contributed by atoms with Crippen LogP contribution in [0.5, 0.6) is 0 Å². The number of carbonyl (C=O) groups excluding carboxylic acids is 2. The summed E-state index contributed by atoms with van der Waals surface area (Å²) in [5.41, 5.74) is 1.03. The van der Waals surface area contributed by atoms with Crippen LogP contribution in [0.4, 0.5) is 0 Å². The number of benzene rings is 2. The molecule has 168 valence electrons. The molecule has 0 N–H and O–H groups in total. The summed E-state index contributed by atoms with van der Waals surface area (Å²) < 4.78 is 11.0. The lowest BCUT2D eigenvalue weighted by Crippen LogP contribution is -2.53. The number of carbonyl (C=O) groups is 2. The molecule has 1 heterocycles. The summed E-state index contributed by atoms with van der Waals surface area (Å²) in [6.07, 6.45) is 12.1. The highest BCUT2D eigenvalue weighted by atomic mass is 16.7. The molecular weight excluding hydrogens is 400 g/mol. The van der Waals surface area contributed by atoms with Crippen molar-refractivity contribution in [2.75, 3.05) is 0 Å². The minimum atomic E-state index is -1.23. The third-order valence-corrected chi connectivity index (χ3v) is 5.63. The van der Waals surface area contributed by atoms with Crippen molar-refractivity contribution in [2.24, 2.45) is 5.41 Å². The predicted molar refractivity (Wildman–Crippen MR) is 127 cm³/mol. The van der Waals surface area contributed by atoms with Crippen LogP contribution in [0.25, 0.3) is 12.2 Å². The average molecular weight is 433 g/mol. The van der Waals surface area contributed by atoms with Gasteiger partial charge in [-0.15, -0.1) is 0 Å². The van der Waals surface area contributed by atoms with E-state index >= 15 is 0 Å². The van der Waals surface area contributed by atoms with Gasteiger partial charge >= 0.3 is 11.9 Å². The molecule has 1 aliphatic rings. The number of unbranched alkanes of at least 4 members (excludes halogenated alkanes) is 2. The Morgan fingerprint density at radius 1 is 0.688 bits per heavy atom. The molecule has 0 saturated carbocycles. The Morgan fingerprint density at radius 2 is 1.09 bits per heavy atom. The van der Waals surface area contributed by atoms with Gasteiger partial charge in [0.1, 0.15) is 0 Å². The van der Waals surface area contributed by atoms with E-state index in [1.165, 1.54) is 0 Å². The Labute approximate surface area is 190 Å². The van der Waals surface area contributed by atoms with Gasteiger partial charge in [0.15, 0.2) is 5.41 Å². The molecule has 1 fully saturated rings. The smallest absolute Gasteiger partial charge is 0.326 e. The van der Waals surface area contributed by atoms with Gasteiger partial charge in [0.2, 0.25) is 0 Å². The van der Waals surface area contributed by atoms with Crippen LogP contribution >= 0.6 is 0 Å². The van der Waals surface area contributed by atoms with Crippen molar-refractivity contribution in [1.29, 1.82) is 0 Å². The summed E-state index contributed by atoms with van der Waals surface area (Å²) in [7, 11) is 0. The van der Waals surface area contributed by atoms with Crippen LogP contribution in [0.2, 0.25) is 0 Å². The first-order valence-electron chi connectivity index (χ1n) is 11.3. The Balaban J connectivity index is 1.59. The van der Waals surface area contributed by atoms with E-state index in [0.717, 1.165) is 24.0 Å². The lowest BCUT2D eigenvalue weighted by atomic mass is 9.77. The Morgan fingerprint density at radius 3 is 1.50 bits per heavy atom. The van der Waals surface area contributed by atoms with Crippen molar-refractivity contribution in [3.05, 3.63) is 83.9 Å². The number of rotatable bonds is 10. The van der Waals surface area contributed by atoms with Crippen LogP contribution in [-0.2, 0) is 19.1 Å². The minimum Gasteiger partial charge on any atom is -0.422 e. The van der Waals surface area contributed by atoms with Crippen LogP contribution in [0.3, 0.4) is 0 Å². The second-order valence-corrected chi connectivity index (χ2v) is 8.67. The third kappa shape index (κ3) is 6.43. The quantitative estimate of drug-likeness (QED) is 0.242. The summed E-state index contributed by atoms with van der Waals surface area (Å²) in [4.78, 5) is 25.9. The van der Waals surface area contributed by atoms with Gasteiger partial charge in [-0.25, -0.2) is 0 Å². The highest BCUT2D eigenvalue weighted by Crippen LogP contribution is 2.40. The maximum Gasteiger partial charge on any atom is 0.326 e. The maximum atomic E-state index is 13.0. The molecule has 1 saturated heterocycles. The minimum absolute atomic E-state index is 0.419. The maximum absolute atomic E-state index is 13.0. The highest BCUT2D eigenvalue weighted by molar-refractivity contribution is 6.01. The first-order chi connectivity index (χ1) is 15.4. The SMILES string of the molecule is CC1(C)OC(=O)C(CCC/C=C/c2ccccc2)(CCC/C=C/c2ccccc2)C(=O)O1. The molecule has 0 bridgehead atoms. The van der Waals surface area contributed by atoms with Gasteiger partial charge in [-0.3, -0.25) is 9.59 Å². The molecule has 32 heavy (non-hydrogen) atoms. The molecule has 0 amide bonds. The zero-order chi connectivity index (χ0) is 22.9. The monoisotopic (exact) mass is 432 g/mol. The van der Waals surface area contributed by atoms with E-state index in [-0.39, 0.29) is 0 Å². The normalized spacial score (nSPS) is 17.4. The van der Waals surface area contributed by atoms with Crippen LogP contribution in [0, 0.1) is 5.41 Å². The number of cyclic esters (lactones) is 2. The van der Waals surface area contributed by atoms with E-state index in [1.807, 2.05) is 60.7 Å². The second-order valence-electron chi connectivity index (χ2n) is 8.67. The average Bonchev–Trinajstić information content (AvgIpc) is 2.77. The molecule has 0 spiro atoms. The van der Waals surface area contributed by atoms with E-state index in [0.29, 0.717) is 25.7 Å². The standard InChI is InChI=1S/C28H32O4/c1-27(2)31-25(29)28(26(30)32-27,21-13-5-11-19-23-15-7-3-8-16-23)22-14-6-12-20-24-17-9-4-10-18-24/h3-4,7-12,15-20H,5-6,13-14,21-22H2,1-2H3/b19-11+,20-12+. The van der Waals surface area contributed by atoms with Gasteiger partial charge in [-0.1, -0.05) is 85.0 Å². The first-order valence-corrected chi connectivity index (χ1v) is 11.3. The molecule has 2 aromatic carbocycles. The van der Waals surface area contributed by atoms with Gasteiger partial charge in [0.25, 0.3) is 5.79 Å². The topological polar surface area (TPSA) is 52.6 Å². The molecule has 0 unspecified atom stereocenters. The van der Waals surface area contributed by atoms with Gasteiger partial charge in [0.05, 0.1) is 0 Å². The number of allylic oxidation sites excluding steroid dienone is 2. The van der Waals surface area contributed by atoms with Crippen LogP contribution in [0.1, 0.15) is 63.5 Å². The fraction of sp³-hybridized carbons (Fsp3) is 0.357. The van der Waals surface area contributed by atoms with Crippen molar-refractivity contribution in [3.8, 4) is 0 Å². The lowest BCUT2D eigenvalue weighted by Gasteiger charge is -2.40. The molecular formula is C28H32O4. The molecule has 4 nitrogen and oxygen atoms in total. The molecule has 3 rings (SSSR count). The van der Waals surface area contributed by atoms with Crippen molar-refractivity contribution >= 4 is 24.1 Å². The van der Waals surface area contributed by atoms with E-state index < -0.39 is 23.1 Å². The fourth-order valence-electron chi connectivity index (χ4n) is 3.89. The van der Waals surface area contributed by atoms with Gasteiger partial charge < -0.3 is 9.47 Å². The van der Waals surface area contributed by atoms with Crippen LogP contribution in [-0.4, -0.2) is 17.7 Å². The predicted octanol–water partition coefficient (Wildman–Crippen LogP) is 6.58. The largest absolute Gasteiger partial charge is 0.422 e. The van der Waals surface area contributed by atoms with Gasteiger partial charge in [0, 0.05) is 13.8 Å². The molecule has 2 aromatic rings. The molecule has 4 heteroatoms. The number of ether oxygens (including phenoxy) is 2. The second kappa shape index (κ2) is 10.9. The van der Waals surface area contributed by atoms with Gasteiger partial charge in [-0.2, -0.15) is 0 Å². The molecule has 0 aliphatic carbocycles. The summed E-state index contributed by atoms with van der Waals surface area (Å²) in [6.45, 7) is 3.19. The number of esters is 2. The highest BCUT2D eigenvalue weighted by Gasteiger charge is 2.55. The zero-order valence-corrected chi connectivity index (χ0v) is 19.0. The molecule has 0 atom stereocenters. The fourth-order valence-corrected chi connectivity index (χ4v) is 3.89. The number of hydrogen-bond acceptors (Lipinski definition) is 4. The molecule has 1 aliphatic heterocycles. The Kier molecular flexibility index (Phi) is 8.04. The van der Waals surface area contributed by atoms with Gasteiger partial charge in [-0.05, 0) is 49.7 Å². The Hall–Kier alpha value is -3.14. The van der Waals surface area contributed by atoms with E-state index in [4.69, 9.17) is 9.47 Å². The lowest BCUT2D eigenvalue weighted by molar-refractivity contribution is -0.252. The van der Waals surface area contributed by atoms with Crippen molar-refractivity contribution in [1.82, 2.24) is 0 Å². The summed E-state index contributed by atoms with van der Waals surface area (Å²) in [5.74, 6) is -2.13. The van der Waals surface area contributed by atoms with E-state index in [1.54, 1.807) is 13.8 Å². The van der Waals surface area contributed by atoms with Crippen molar-refractivity contribution in [3.63, 3.8) is 0 Å². The van der Waals surface area contributed by atoms with Crippen molar-refractivity contribution in [2.45, 2.75) is 58.2 Å². The van der Waals surface area contributed by atoms with E-state index in [2.05, 4.69) is 24.3 Å². The van der Waals surface area contributed by atoms with Crippen LogP contribution < -0.4 is 0 Å². The summed E-state index contributed by atoms with van der Waals surface area (Å²) >= 11 is 0. The first kappa shape index (κ1) is 23.5. The van der Waals surface area contributed by atoms with Crippen molar-refractivity contribution < 1.29 is 19.1 Å². The zero-order valence-electron chi connectivity index (χ0n) is 19.0. The number of hydrogen-bond donors (Lipinski definition) is 0. The summed E-state index contributed by atoms with van der Waals surface area (Å²) in [6, 6.07) is 20.1. The molecule has 0 aromatic heterocycles. The van der Waals surface area contributed by atoms with E-state index in [9.17, 15) is 9.59 Å². The Bertz CT molecular complexity index is 864. The molecule has 0 radical (unpaired) electrons.